The summed E-state index contributed by atoms with van der Waals surface area (Å²) in [5.41, 5.74) is 3.26. The van der Waals surface area contributed by atoms with Gasteiger partial charge in [0.05, 0.1) is 12.6 Å². The zero-order chi connectivity index (χ0) is 14.5. The molecule has 0 amide bonds. The summed E-state index contributed by atoms with van der Waals surface area (Å²) in [6, 6.07) is 6.21. The normalized spacial score (nSPS) is 12.6. The molecular weight excluding hydrogens is 292 g/mol. The molecule has 1 N–H and O–H groups in total. The molecule has 3 nitrogen and oxygen atoms in total. The molecule has 1 heterocycles. The minimum atomic E-state index is 0.0574. The molecule has 0 saturated heterocycles. The van der Waals surface area contributed by atoms with Gasteiger partial charge in [0.25, 0.3) is 0 Å². The van der Waals surface area contributed by atoms with E-state index in [0.717, 1.165) is 33.4 Å². The molecule has 0 fully saturated rings. The lowest BCUT2D eigenvalue weighted by Gasteiger charge is -2.17. The number of hydrogen-bond acceptors (Lipinski definition) is 4. The van der Waals surface area contributed by atoms with Crippen molar-refractivity contribution in [2.45, 2.75) is 19.9 Å². The van der Waals surface area contributed by atoms with Crippen LogP contribution in [-0.2, 0) is 4.74 Å². The quantitative estimate of drug-likeness (QED) is 0.825. The Morgan fingerprint density at radius 1 is 1.40 bits per heavy atom. The Bertz CT molecular complexity index is 571. The van der Waals surface area contributed by atoms with Crippen LogP contribution in [0.1, 0.15) is 27.9 Å². The van der Waals surface area contributed by atoms with Crippen LogP contribution < -0.4 is 5.32 Å². The Labute approximate surface area is 129 Å². The number of nitrogens with one attached hydrogen (secondary N) is 1. The molecule has 0 bridgehead atoms. The fourth-order valence-electron chi connectivity index (χ4n) is 1.95. The van der Waals surface area contributed by atoms with E-state index in [1.54, 1.807) is 18.4 Å². The maximum atomic E-state index is 6.24. The van der Waals surface area contributed by atoms with Crippen molar-refractivity contribution in [1.29, 1.82) is 0 Å². The molecule has 1 aromatic heterocycles. The van der Waals surface area contributed by atoms with Crippen LogP contribution in [0.15, 0.2) is 23.6 Å². The summed E-state index contributed by atoms with van der Waals surface area (Å²) in [6.07, 6.45) is 0. The molecule has 1 atom stereocenters. The lowest BCUT2D eigenvalue weighted by atomic mass is 10.1. The maximum absolute atomic E-state index is 6.24. The van der Waals surface area contributed by atoms with Crippen LogP contribution in [0.25, 0.3) is 0 Å². The van der Waals surface area contributed by atoms with E-state index < -0.39 is 0 Å². The largest absolute Gasteiger partial charge is 0.383 e. The van der Waals surface area contributed by atoms with Gasteiger partial charge in [-0.3, -0.25) is 0 Å². The third-order valence-corrected chi connectivity index (χ3v) is 4.50. The average molecular weight is 311 g/mol. The van der Waals surface area contributed by atoms with Crippen LogP contribution in [0.2, 0.25) is 5.02 Å². The van der Waals surface area contributed by atoms with Gasteiger partial charge < -0.3 is 10.1 Å². The summed E-state index contributed by atoms with van der Waals surface area (Å²) in [5.74, 6) is 0. The molecule has 0 radical (unpaired) electrons. The van der Waals surface area contributed by atoms with Crippen molar-refractivity contribution in [2.75, 3.05) is 20.3 Å². The highest BCUT2D eigenvalue weighted by molar-refractivity contribution is 7.09. The summed E-state index contributed by atoms with van der Waals surface area (Å²) >= 11 is 7.91. The van der Waals surface area contributed by atoms with Crippen LogP contribution in [-0.4, -0.2) is 25.2 Å². The minimum absolute atomic E-state index is 0.0574. The van der Waals surface area contributed by atoms with Gasteiger partial charge in [0.2, 0.25) is 0 Å². The molecule has 0 aliphatic heterocycles. The number of methoxy groups -OCH3 is 1. The summed E-state index contributed by atoms with van der Waals surface area (Å²) in [4.78, 5) is 4.59. The molecule has 0 aliphatic carbocycles. The van der Waals surface area contributed by atoms with Crippen LogP contribution in [0.3, 0.4) is 0 Å². The maximum Gasteiger partial charge on any atom is 0.114 e. The van der Waals surface area contributed by atoms with Crippen molar-refractivity contribution >= 4 is 22.9 Å². The standard InChI is InChI=1S/C15H19ClN2OS/c1-10-4-5-12(8-13(10)16)14(17-6-7-19-3)15-18-11(2)9-20-15/h4-5,8-9,14,17H,6-7H2,1-3H3. The summed E-state index contributed by atoms with van der Waals surface area (Å²) in [5, 5.41) is 7.38. The topological polar surface area (TPSA) is 34.1 Å². The number of hydrogen-bond donors (Lipinski definition) is 1. The van der Waals surface area contributed by atoms with Gasteiger partial charge in [-0.2, -0.15) is 0 Å². The van der Waals surface area contributed by atoms with E-state index in [4.69, 9.17) is 16.3 Å². The number of halogens is 1. The van der Waals surface area contributed by atoms with Crippen LogP contribution >= 0.6 is 22.9 Å². The van der Waals surface area contributed by atoms with Gasteiger partial charge in [-0.05, 0) is 31.0 Å². The van der Waals surface area contributed by atoms with Crippen molar-refractivity contribution in [3.8, 4) is 0 Å². The van der Waals surface area contributed by atoms with E-state index in [1.165, 1.54) is 0 Å². The second kappa shape index (κ2) is 7.18. The molecular formula is C15H19ClN2OS. The Hall–Kier alpha value is -0.940. The van der Waals surface area contributed by atoms with Crippen molar-refractivity contribution in [2.24, 2.45) is 0 Å². The molecule has 1 aromatic carbocycles. The highest BCUT2D eigenvalue weighted by atomic mass is 35.5. The van der Waals surface area contributed by atoms with E-state index in [2.05, 4.69) is 21.7 Å². The highest BCUT2D eigenvalue weighted by Gasteiger charge is 2.17. The number of aromatic nitrogens is 1. The second-order valence-corrected chi connectivity index (χ2v) is 6.01. The van der Waals surface area contributed by atoms with Gasteiger partial charge >= 0.3 is 0 Å². The van der Waals surface area contributed by atoms with E-state index in [-0.39, 0.29) is 6.04 Å². The number of rotatable bonds is 6. The van der Waals surface area contributed by atoms with Crippen LogP contribution in [0.5, 0.6) is 0 Å². The summed E-state index contributed by atoms with van der Waals surface area (Å²) in [7, 11) is 1.70. The van der Waals surface area contributed by atoms with E-state index >= 15 is 0 Å². The third-order valence-electron chi connectivity index (χ3n) is 3.07. The first-order valence-electron chi connectivity index (χ1n) is 6.52. The van der Waals surface area contributed by atoms with Crippen molar-refractivity contribution in [3.05, 3.63) is 50.4 Å². The SMILES string of the molecule is COCCNC(c1ccc(C)c(Cl)c1)c1nc(C)cs1. The smallest absolute Gasteiger partial charge is 0.114 e. The summed E-state index contributed by atoms with van der Waals surface area (Å²) in [6.45, 7) is 5.45. The summed E-state index contributed by atoms with van der Waals surface area (Å²) < 4.78 is 5.11. The number of nitrogens with zero attached hydrogens (tertiary/aromatic N) is 1. The van der Waals surface area contributed by atoms with Gasteiger partial charge in [0.1, 0.15) is 5.01 Å². The van der Waals surface area contributed by atoms with Gasteiger partial charge in [0.15, 0.2) is 0 Å². The average Bonchev–Trinajstić information content (AvgIpc) is 2.85. The van der Waals surface area contributed by atoms with Crippen LogP contribution in [0.4, 0.5) is 0 Å². The predicted octanol–water partition coefficient (Wildman–Crippen LogP) is 3.74. The lowest BCUT2D eigenvalue weighted by molar-refractivity contribution is 0.197. The number of benzene rings is 1. The molecule has 108 valence electrons. The highest BCUT2D eigenvalue weighted by Crippen LogP contribution is 2.28. The van der Waals surface area contributed by atoms with E-state index in [0.29, 0.717) is 6.61 Å². The van der Waals surface area contributed by atoms with Gasteiger partial charge in [-0.15, -0.1) is 11.3 Å². The first-order valence-corrected chi connectivity index (χ1v) is 7.78. The Kier molecular flexibility index (Phi) is 5.54. The first kappa shape index (κ1) is 15.4. The van der Waals surface area contributed by atoms with Gasteiger partial charge in [0, 0.05) is 29.8 Å². The molecule has 20 heavy (non-hydrogen) atoms. The third kappa shape index (κ3) is 3.79. The van der Waals surface area contributed by atoms with Crippen molar-refractivity contribution in [3.63, 3.8) is 0 Å². The van der Waals surface area contributed by atoms with E-state index in [1.807, 2.05) is 26.0 Å². The molecule has 0 aliphatic rings. The predicted molar refractivity (Wildman–Crippen MR) is 84.8 cm³/mol. The Morgan fingerprint density at radius 3 is 2.80 bits per heavy atom. The molecule has 2 rings (SSSR count). The zero-order valence-corrected chi connectivity index (χ0v) is 13.5. The molecule has 1 unspecified atom stereocenters. The minimum Gasteiger partial charge on any atom is -0.383 e. The molecule has 0 saturated carbocycles. The second-order valence-electron chi connectivity index (χ2n) is 4.72. The zero-order valence-electron chi connectivity index (χ0n) is 11.9. The monoisotopic (exact) mass is 310 g/mol. The number of aryl methyl sites for hydroxylation is 2. The van der Waals surface area contributed by atoms with Crippen LogP contribution in [0, 0.1) is 13.8 Å². The Morgan fingerprint density at radius 2 is 2.20 bits per heavy atom. The van der Waals surface area contributed by atoms with Crippen molar-refractivity contribution < 1.29 is 4.74 Å². The number of ether oxygens (including phenoxy) is 1. The molecule has 5 heteroatoms. The molecule has 2 aromatic rings. The van der Waals surface area contributed by atoms with Gasteiger partial charge in [-0.25, -0.2) is 4.98 Å². The molecule has 0 spiro atoms. The van der Waals surface area contributed by atoms with E-state index in [9.17, 15) is 0 Å². The number of thiazole rings is 1. The van der Waals surface area contributed by atoms with Crippen molar-refractivity contribution in [1.82, 2.24) is 10.3 Å². The first-order chi connectivity index (χ1) is 9.61. The Balaban J connectivity index is 2.27. The van der Waals surface area contributed by atoms with Gasteiger partial charge in [-0.1, -0.05) is 23.7 Å². The lowest BCUT2D eigenvalue weighted by Crippen LogP contribution is -2.26. The fraction of sp³-hybridized carbons (Fsp3) is 0.400. The fourth-order valence-corrected chi connectivity index (χ4v) is 3.03.